The molecule has 1 nitrogen and oxygen atoms in total. The largest absolute Gasteiger partial charge is 0.316 e. The second-order valence-corrected chi connectivity index (χ2v) is 4.88. The van der Waals surface area contributed by atoms with Crippen LogP contribution in [0.2, 0.25) is 0 Å². The fourth-order valence-electron chi connectivity index (χ4n) is 1.98. The van der Waals surface area contributed by atoms with Crippen molar-refractivity contribution in [1.29, 1.82) is 0 Å². The van der Waals surface area contributed by atoms with Crippen LogP contribution in [0.15, 0.2) is 17.5 Å². The minimum Gasteiger partial charge on any atom is -0.316 e. The minimum atomic E-state index is 0.876. The van der Waals surface area contributed by atoms with E-state index in [-0.39, 0.29) is 0 Å². The van der Waals surface area contributed by atoms with Crippen LogP contribution in [0.5, 0.6) is 0 Å². The Hall–Kier alpha value is -0.340. The quantitative estimate of drug-likeness (QED) is 0.765. The molecular weight excluding hydrogens is 178 g/mol. The Balaban J connectivity index is 1.86. The summed E-state index contributed by atoms with van der Waals surface area (Å²) in [7, 11) is 0. The maximum absolute atomic E-state index is 3.51. The lowest BCUT2D eigenvalue weighted by Crippen LogP contribution is -2.21. The summed E-state index contributed by atoms with van der Waals surface area (Å²) in [5.74, 6) is 0.876. The molecule has 2 heterocycles. The highest BCUT2D eigenvalue weighted by Crippen LogP contribution is 2.19. The smallest absolute Gasteiger partial charge is 0.00484 e. The topological polar surface area (TPSA) is 12.0 Å². The summed E-state index contributed by atoms with van der Waals surface area (Å²) in [6.45, 7) is 2.44. The van der Waals surface area contributed by atoms with E-state index in [9.17, 15) is 0 Å². The van der Waals surface area contributed by atoms with Crippen LogP contribution in [0.4, 0.5) is 0 Å². The van der Waals surface area contributed by atoms with Crippen LogP contribution in [0.25, 0.3) is 0 Å². The van der Waals surface area contributed by atoms with Crippen LogP contribution in [0.3, 0.4) is 0 Å². The zero-order chi connectivity index (χ0) is 8.93. The van der Waals surface area contributed by atoms with Gasteiger partial charge in [-0.25, -0.2) is 0 Å². The SMILES string of the molecule is c1csc(CC2CCCCNC2)c1. The lowest BCUT2D eigenvalue weighted by atomic mass is 9.99. The average Bonchev–Trinajstić information content (AvgIpc) is 2.49. The van der Waals surface area contributed by atoms with E-state index in [1.165, 1.54) is 38.8 Å². The summed E-state index contributed by atoms with van der Waals surface area (Å²) in [4.78, 5) is 1.55. The molecular formula is C11H17NS. The van der Waals surface area contributed by atoms with Crippen molar-refractivity contribution >= 4 is 11.3 Å². The van der Waals surface area contributed by atoms with Gasteiger partial charge in [-0.15, -0.1) is 11.3 Å². The van der Waals surface area contributed by atoms with Gasteiger partial charge in [0.25, 0.3) is 0 Å². The Labute approximate surface area is 84.2 Å². The molecule has 0 saturated carbocycles. The van der Waals surface area contributed by atoms with E-state index in [2.05, 4.69) is 22.8 Å². The molecule has 1 atom stereocenters. The van der Waals surface area contributed by atoms with Gasteiger partial charge in [-0.3, -0.25) is 0 Å². The van der Waals surface area contributed by atoms with Crippen molar-refractivity contribution in [2.75, 3.05) is 13.1 Å². The molecule has 0 aliphatic carbocycles. The summed E-state index contributed by atoms with van der Waals surface area (Å²) in [6, 6.07) is 4.42. The van der Waals surface area contributed by atoms with Gasteiger partial charge >= 0.3 is 0 Å². The minimum absolute atomic E-state index is 0.876. The first kappa shape index (κ1) is 9.22. The van der Waals surface area contributed by atoms with Gasteiger partial charge in [-0.1, -0.05) is 12.5 Å². The van der Waals surface area contributed by atoms with E-state index in [0.717, 1.165) is 5.92 Å². The normalized spacial score (nSPS) is 24.2. The molecule has 1 aliphatic heterocycles. The first-order valence-corrected chi connectivity index (χ1v) is 6.06. The van der Waals surface area contributed by atoms with Crippen molar-refractivity contribution in [2.45, 2.75) is 25.7 Å². The molecule has 1 aromatic heterocycles. The second-order valence-electron chi connectivity index (χ2n) is 3.85. The van der Waals surface area contributed by atoms with Crippen LogP contribution in [0.1, 0.15) is 24.1 Å². The molecule has 0 radical (unpaired) electrons. The Kier molecular flexibility index (Phi) is 3.39. The zero-order valence-electron chi connectivity index (χ0n) is 7.96. The predicted octanol–water partition coefficient (Wildman–Crippen LogP) is 2.68. The molecule has 1 aliphatic rings. The van der Waals surface area contributed by atoms with Gasteiger partial charge in [0.05, 0.1) is 0 Å². The third-order valence-corrected chi connectivity index (χ3v) is 3.62. The standard InChI is InChI=1S/C11H17NS/c1-2-6-12-9-10(4-1)8-11-5-3-7-13-11/h3,5,7,10,12H,1-2,4,6,8-9H2. The Morgan fingerprint density at radius 2 is 2.46 bits per heavy atom. The molecule has 1 unspecified atom stereocenters. The van der Waals surface area contributed by atoms with Gasteiger partial charge in [-0.2, -0.15) is 0 Å². The summed E-state index contributed by atoms with van der Waals surface area (Å²) in [5, 5.41) is 5.69. The highest BCUT2D eigenvalue weighted by molar-refractivity contribution is 7.09. The lowest BCUT2D eigenvalue weighted by molar-refractivity contribution is 0.480. The maximum Gasteiger partial charge on any atom is 0.00484 e. The van der Waals surface area contributed by atoms with E-state index in [0.29, 0.717) is 0 Å². The lowest BCUT2D eigenvalue weighted by Gasteiger charge is -2.12. The molecule has 2 heteroatoms. The number of hydrogen-bond donors (Lipinski definition) is 1. The molecule has 1 aromatic rings. The van der Waals surface area contributed by atoms with Gasteiger partial charge in [0.2, 0.25) is 0 Å². The third-order valence-electron chi connectivity index (χ3n) is 2.72. The van der Waals surface area contributed by atoms with E-state index >= 15 is 0 Å². The summed E-state index contributed by atoms with van der Waals surface area (Å²) >= 11 is 1.90. The summed E-state index contributed by atoms with van der Waals surface area (Å²) < 4.78 is 0. The fraction of sp³-hybridized carbons (Fsp3) is 0.636. The third kappa shape index (κ3) is 2.82. The molecule has 1 N–H and O–H groups in total. The fourth-order valence-corrected chi connectivity index (χ4v) is 2.80. The molecule has 72 valence electrons. The number of hydrogen-bond acceptors (Lipinski definition) is 2. The Bertz CT molecular complexity index is 222. The van der Waals surface area contributed by atoms with Crippen LogP contribution in [0, 0.1) is 5.92 Å². The van der Waals surface area contributed by atoms with Crippen LogP contribution >= 0.6 is 11.3 Å². The number of rotatable bonds is 2. The number of nitrogens with one attached hydrogen (secondary N) is 1. The van der Waals surface area contributed by atoms with Gasteiger partial charge in [-0.05, 0) is 49.7 Å². The molecule has 13 heavy (non-hydrogen) atoms. The maximum atomic E-state index is 3.51. The van der Waals surface area contributed by atoms with E-state index in [4.69, 9.17) is 0 Å². The van der Waals surface area contributed by atoms with Crippen molar-refractivity contribution < 1.29 is 0 Å². The highest BCUT2D eigenvalue weighted by Gasteiger charge is 2.12. The van der Waals surface area contributed by atoms with E-state index < -0.39 is 0 Å². The summed E-state index contributed by atoms with van der Waals surface area (Å²) in [6.07, 6.45) is 5.46. The molecule has 0 spiro atoms. The van der Waals surface area contributed by atoms with Gasteiger partial charge in [0, 0.05) is 4.88 Å². The first-order valence-electron chi connectivity index (χ1n) is 5.18. The van der Waals surface area contributed by atoms with Gasteiger partial charge < -0.3 is 5.32 Å². The molecule has 2 rings (SSSR count). The highest BCUT2D eigenvalue weighted by atomic mass is 32.1. The van der Waals surface area contributed by atoms with Crippen molar-refractivity contribution in [3.63, 3.8) is 0 Å². The molecule has 0 aromatic carbocycles. The monoisotopic (exact) mass is 195 g/mol. The first-order chi connectivity index (χ1) is 6.45. The molecule has 1 saturated heterocycles. The number of thiophene rings is 1. The summed E-state index contributed by atoms with van der Waals surface area (Å²) in [5.41, 5.74) is 0. The van der Waals surface area contributed by atoms with Crippen molar-refractivity contribution in [3.05, 3.63) is 22.4 Å². The van der Waals surface area contributed by atoms with Crippen LogP contribution in [-0.4, -0.2) is 13.1 Å². The Morgan fingerprint density at radius 1 is 1.46 bits per heavy atom. The van der Waals surface area contributed by atoms with Gasteiger partial charge in [0.15, 0.2) is 0 Å². The molecule has 0 bridgehead atoms. The second kappa shape index (κ2) is 4.77. The van der Waals surface area contributed by atoms with Crippen molar-refractivity contribution in [2.24, 2.45) is 5.92 Å². The molecule has 1 fully saturated rings. The van der Waals surface area contributed by atoms with Crippen molar-refractivity contribution in [3.8, 4) is 0 Å². The van der Waals surface area contributed by atoms with Crippen molar-refractivity contribution in [1.82, 2.24) is 5.32 Å². The predicted molar refractivity (Wildman–Crippen MR) is 58.2 cm³/mol. The molecule has 0 amide bonds. The van der Waals surface area contributed by atoms with E-state index in [1.807, 2.05) is 11.3 Å². The van der Waals surface area contributed by atoms with Crippen LogP contribution < -0.4 is 5.32 Å². The van der Waals surface area contributed by atoms with Gasteiger partial charge in [0.1, 0.15) is 0 Å². The average molecular weight is 195 g/mol. The Morgan fingerprint density at radius 3 is 3.31 bits per heavy atom. The van der Waals surface area contributed by atoms with Crippen LogP contribution in [-0.2, 0) is 6.42 Å². The van der Waals surface area contributed by atoms with E-state index in [1.54, 1.807) is 4.88 Å². The zero-order valence-corrected chi connectivity index (χ0v) is 8.78.